The summed E-state index contributed by atoms with van der Waals surface area (Å²) in [6, 6.07) is 18.6. The van der Waals surface area contributed by atoms with Crippen LogP contribution in [0.5, 0.6) is 5.75 Å². The number of benzene rings is 3. The van der Waals surface area contributed by atoms with Crippen LogP contribution in [0.2, 0.25) is 0 Å². The van der Waals surface area contributed by atoms with Gasteiger partial charge in [0.2, 0.25) is 0 Å². The van der Waals surface area contributed by atoms with Crippen LogP contribution in [0.15, 0.2) is 54.6 Å². The van der Waals surface area contributed by atoms with Gasteiger partial charge in [-0.15, -0.1) is 0 Å². The number of hydrogen-bond donors (Lipinski definition) is 1. The summed E-state index contributed by atoms with van der Waals surface area (Å²) in [7, 11) is 5.61. The molecule has 3 rings (SSSR count). The Morgan fingerprint density at radius 2 is 0.972 bits per heavy atom. The van der Waals surface area contributed by atoms with E-state index >= 15 is 0 Å². The Kier molecular flexibility index (Phi) is 10.1. The lowest BCUT2D eigenvalue weighted by Crippen LogP contribution is -2.31. The highest BCUT2D eigenvalue weighted by atomic mass is 31.1. The molecule has 0 amide bonds. The molecule has 6 heteroatoms. The van der Waals surface area contributed by atoms with Gasteiger partial charge in [0, 0.05) is 33.7 Å². The van der Waals surface area contributed by atoms with E-state index in [0.717, 1.165) is 43.7 Å². The van der Waals surface area contributed by atoms with Gasteiger partial charge in [0.25, 0.3) is 0 Å². The minimum absolute atomic E-state index is 0.218. The van der Waals surface area contributed by atoms with E-state index < -0.39 is 7.92 Å². The second-order valence-electron chi connectivity index (χ2n) is 9.84. The fraction of sp³-hybridized carbons (Fsp3) is 0.400. The summed E-state index contributed by atoms with van der Waals surface area (Å²) in [6.07, 6.45) is 0. The van der Waals surface area contributed by atoms with E-state index in [2.05, 4.69) is 57.2 Å². The normalized spacial score (nSPS) is 11.9. The smallest absolute Gasteiger partial charge is 0.127 e. The molecule has 0 aromatic heterocycles. The molecule has 0 unspecified atom stereocenters. The van der Waals surface area contributed by atoms with Crippen molar-refractivity contribution in [3.8, 4) is 5.75 Å². The van der Waals surface area contributed by atoms with Crippen molar-refractivity contribution in [3.05, 3.63) is 82.4 Å². The van der Waals surface area contributed by atoms with Gasteiger partial charge in [0.05, 0.1) is 26.4 Å². The summed E-state index contributed by atoms with van der Waals surface area (Å²) in [5, 5.41) is 15.0. The predicted octanol–water partition coefficient (Wildman–Crippen LogP) is 5.03. The van der Waals surface area contributed by atoms with Crippen LogP contribution < -0.4 is 15.9 Å². The lowest BCUT2D eigenvalue weighted by molar-refractivity contribution is 0.181. The first-order valence-corrected chi connectivity index (χ1v) is 13.4. The highest BCUT2D eigenvalue weighted by Crippen LogP contribution is 2.44. The standard InChI is InChI=1S/C30H39O5P/c1-30(2,3)25-15-10-16-26(27(25)31)36(28-21(17-32-4)11-8-12-22(28)18-33-5)29-23(19-34-6)13-9-14-24(29)20-35-7/h8-16,31H,17-20H2,1-7H3. The zero-order chi connectivity index (χ0) is 26.3. The molecule has 0 aliphatic carbocycles. The van der Waals surface area contributed by atoms with Crippen LogP contribution >= 0.6 is 7.92 Å². The zero-order valence-electron chi connectivity index (χ0n) is 22.6. The average Bonchev–Trinajstić information content (AvgIpc) is 2.83. The average molecular weight is 511 g/mol. The number of para-hydroxylation sites is 1. The van der Waals surface area contributed by atoms with E-state index in [0.29, 0.717) is 32.2 Å². The summed E-state index contributed by atoms with van der Waals surface area (Å²) >= 11 is 0. The van der Waals surface area contributed by atoms with Crippen molar-refractivity contribution >= 4 is 23.8 Å². The van der Waals surface area contributed by atoms with Gasteiger partial charge in [0.1, 0.15) is 5.75 Å². The van der Waals surface area contributed by atoms with E-state index in [1.165, 1.54) is 0 Å². The second-order valence-corrected chi connectivity index (χ2v) is 11.9. The summed E-state index contributed by atoms with van der Waals surface area (Å²) < 4.78 is 22.6. The van der Waals surface area contributed by atoms with Crippen molar-refractivity contribution in [2.75, 3.05) is 28.4 Å². The number of aromatic hydroxyl groups is 1. The zero-order valence-corrected chi connectivity index (χ0v) is 23.4. The third-order valence-corrected chi connectivity index (χ3v) is 9.00. The Balaban J connectivity index is 2.49. The molecule has 0 saturated heterocycles. The molecule has 3 aromatic rings. The molecule has 0 aliphatic rings. The van der Waals surface area contributed by atoms with E-state index in [1.807, 2.05) is 18.2 Å². The Morgan fingerprint density at radius 3 is 1.31 bits per heavy atom. The van der Waals surface area contributed by atoms with Crippen LogP contribution in [-0.2, 0) is 50.8 Å². The molecule has 1 N–H and O–H groups in total. The first-order chi connectivity index (χ1) is 17.3. The molecule has 194 valence electrons. The highest BCUT2D eigenvalue weighted by molar-refractivity contribution is 7.80. The minimum Gasteiger partial charge on any atom is -0.507 e. The van der Waals surface area contributed by atoms with Crippen LogP contribution in [0.3, 0.4) is 0 Å². The van der Waals surface area contributed by atoms with Crippen molar-refractivity contribution in [1.29, 1.82) is 0 Å². The highest BCUT2D eigenvalue weighted by Gasteiger charge is 2.31. The third kappa shape index (κ3) is 6.16. The molecule has 0 spiro atoms. The van der Waals surface area contributed by atoms with Gasteiger partial charge in [-0.25, -0.2) is 0 Å². The number of hydrogen-bond acceptors (Lipinski definition) is 5. The fourth-order valence-corrected chi connectivity index (χ4v) is 7.60. The molecule has 0 aliphatic heterocycles. The maximum absolute atomic E-state index is 11.8. The lowest BCUT2D eigenvalue weighted by atomic mass is 9.86. The largest absolute Gasteiger partial charge is 0.507 e. The van der Waals surface area contributed by atoms with Crippen LogP contribution in [0.1, 0.15) is 48.6 Å². The Hall–Kier alpha value is -2.27. The molecule has 0 atom stereocenters. The van der Waals surface area contributed by atoms with Crippen molar-refractivity contribution in [2.45, 2.75) is 52.6 Å². The summed E-state index contributed by atoms with van der Waals surface area (Å²) in [6.45, 7) is 8.19. The Morgan fingerprint density at radius 1 is 0.611 bits per heavy atom. The van der Waals surface area contributed by atoms with E-state index in [4.69, 9.17) is 18.9 Å². The molecule has 0 saturated carbocycles. The number of phenols is 1. The molecule has 0 heterocycles. The van der Waals surface area contributed by atoms with Crippen molar-refractivity contribution in [1.82, 2.24) is 0 Å². The number of methoxy groups -OCH3 is 4. The molecule has 3 aromatic carbocycles. The van der Waals surface area contributed by atoms with Gasteiger partial charge in [-0.1, -0.05) is 75.4 Å². The van der Waals surface area contributed by atoms with Crippen LogP contribution in [0, 0.1) is 0 Å². The maximum atomic E-state index is 11.8. The topological polar surface area (TPSA) is 57.2 Å². The van der Waals surface area contributed by atoms with Crippen molar-refractivity contribution < 1.29 is 24.1 Å². The van der Waals surface area contributed by atoms with Gasteiger partial charge in [-0.3, -0.25) is 0 Å². The molecular weight excluding hydrogens is 471 g/mol. The lowest BCUT2D eigenvalue weighted by Gasteiger charge is -2.31. The first-order valence-electron chi connectivity index (χ1n) is 12.1. The molecule has 0 fully saturated rings. The fourth-order valence-electron chi connectivity index (χ4n) is 4.62. The second kappa shape index (κ2) is 12.8. The molecule has 36 heavy (non-hydrogen) atoms. The third-order valence-electron chi connectivity index (χ3n) is 6.12. The monoisotopic (exact) mass is 510 g/mol. The van der Waals surface area contributed by atoms with Gasteiger partial charge < -0.3 is 24.1 Å². The number of rotatable bonds is 11. The van der Waals surface area contributed by atoms with E-state index in [9.17, 15) is 5.11 Å². The minimum atomic E-state index is -1.23. The first kappa shape index (κ1) is 28.3. The summed E-state index contributed by atoms with van der Waals surface area (Å²) in [4.78, 5) is 0. The number of ether oxygens (including phenoxy) is 4. The Bertz CT molecular complexity index is 1040. The van der Waals surface area contributed by atoms with E-state index in [1.54, 1.807) is 28.4 Å². The SMILES string of the molecule is COCc1cccc(COC)c1P(c1cccc(C(C)(C)C)c1O)c1c(COC)cccc1COC. The Labute approximate surface area is 217 Å². The predicted molar refractivity (Wildman–Crippen MR) is 148 cm³/mol. The van der Waals surface area contributed by atoms with Crippen molar-refractivity contribution in [2.24, 2.45) is 0 Å². The summed E-state index contributed by atoms with van der Waals surface area (Å²) in [5.41, 5.74) is 5.01. The van der Waals surface area contributed by atoms with Gasteiger partial charge >= 0.3 is 0 Å². The maximum Gasteiger partial charge on any atom is 0.127 e. The molecule has 0 bridgehead atoms. The molecular formula is C30H39O5P. The van der Waals surface area contributed by atoms with E-state index in [-0.39, 0.29) is 5.41 Å². The van der Waals surface area contributed by atoms with Gasteiger partial charge in [-0.05, 0) is 51.8 Å². The van der Waals surface area contributed by atoms with Crippen LogP contribution in [0.25, 0.3) is 0 Å². The summed E-state index contributed by atoms with van der Waals surface area (Å²) in [5.74, 6) is 0.335. The van der Waals surface area contributed by atoms with Crippen LogP contribution in [0.4, 0.5) is 0 Å². The molecule has 0 radical (unpaired) electrons. The van der Waals surface area contributed by atoms with Gasteiger partial charge in [0.15, 0.2) is 0 Å². The quantitative estimate of drug-likeness (QED) is 0.367. The van der Waals surface area contributed by atoms with Crippen molar-refractivity contribution in [3.63, 3.8) is 0 Å². The number of phenolic OH excluding ortho intramolecular Hbond substituents is 1. The van der Waals surface area contributed by atoms with Crippen LogP contribution in [-0.4, -0.2) is 33.5 Å². The molecule has 5 nitrogen and oxygen atoms in total. The van der Waals surface area contributed by atoms with Gasteiger partial charge in [-0.2, -0.15) is 0 Å².